The van der Waals surface area contributed by atoms with Gasteiger partial charge in [0, 0.05) is 24.2 Å². The summed E-state index contributed by atoms with van der Waals surface area (Å²) in [7, 11) is 1.29. The van der Waals surface area contributed by atoms with Gasteiger partial charge in [-0.3, -0.25) is 4.79 Å². The van der Waals surface area contributed by atoms with Crippen molar-refractivity contribution in [1.29, 1.82) is 0 Å². The molecule has 8 heteroatoms. The lowest BCUT2D eigenvalue weighted by Crippen LogP contribution is -2.43. The second-order valence-corrected chi connectivity index (χ2v) is 11.6. The number of esters is 1. The number of hydrogen-bond acceptors (Lipinski definition) is 6. The molecule has 2 rings (SSSR count). The van der Waals surface area contributed by atoms with E-state index in [4.69, 9.17) is 21.1 Å². The molecule has 0 spiro atoms. The van der Waals surface area contributed by atoms with Crippen molar-refractivity contribution in [2.24, 2.45) is 5.92 Å². The highest BCUT2D eigenvalue weighted by atomic mass is 35.5. The summed E-state index contributed by atoms with van der Waals surface area (Å²) in [6, 6.07) is 9.56. The fourth-order valence-electron chi connectivity index (χ4n) is 4.96. The zero-order valence-corrected chi connectivity index (χ0v) is 27.9. The first-order chi connectivity index (χ1) is 21.2. The Labute approximate surface area is 269 Å². The molecule has 1 amide bonds. The first-order valence-electron chi connectivity index (χ1n) is 15.9. The molecule has 2 unspecified atom stereocenters. The zero-order chi connectivity index (χ0) is 32.3. The largest absolute Gasteiger partial charge is 0.506 e. The maximum absolute atomic E-state index is 13.6. The van der Waals surface area contributed by atoms with Crippen LogP contribution in [0.3, 0.4) is 0 Å². The molecule has 0 bridgehead atoms. The molecule has 44 heavy (non-hydrogen) atoms. The number of allylic oxidation sites excluding steroid dienone is 2. The van der Waals surface area contributed by atoms with E-state index in [1.165, 1.54) is 38.0 Å². The van der Waals surface area contributed by atoms with Gasteiger partial charge >= 0.3 is 5.97 Å². The Morgan fingerprint density at radius 3 is 2.55 bits per heavy atom. The van der Waals surface area contributed by atoms with E-state index in [0.717, 1.165) is 31.4 Å². The number of amides is 1. The predicted molar refractivity (Wildman–Crippen MR) is 181 cm³/mol. The van der Waals surface area contributed by atoms with E-state index in [1.807, 2.05) is 37.3 Å². The van der Waals surface area contributed by atoms with Crippen LogP contribution in [0.25, 0.3) is 0 Å². The molecule has 0 saturated heterocycles. The summed E-state index contributed by atoms with van der Waals surface area (Å²) in [4.78, 5) is 28.5. The number of halogens is 1. The third-order valence-electron chi connectivity index (χ3n) is 7.49. The minimum atomic E-state index is -0.933. The lowest BCUT2D eigenvalue weighted by Gasteiger charge is -2.28. The van der Waals surface area contributed by atoms with Crippen LogP contribution in [0, 0.1) is 5.92 Å². The molecule has 0 heterocycles. The lowest BCUT2D eigenvalue weighted by atomic mass is 9.93. The molecule has 2 atom stereocenters. The quantitative estimate of drug-likeness (QED) is 0.0669. The van der Waals surface area contributed by atoms with E-state index in [-0.39, 0.29) is 23.1 Å². The van der Waals surface area contributed by atoms with Crippen LogP contribution in [-0.2, 0) is 27.1 Å². The molecule has 0 aliphatic carbocycles. The van der Waals surface area contributed by atoms with Crippen LogP contribution in [0.1, 0.15) is 87.7 Å². The molecular formula is C36H51ClN2O5. The molecule has 7 nitrogen and oxygen atoms in total. The second kappa shape index (κ2) is 20.5. The summed E-state index contributed by atoms with van der Waals surface area (Å²) in [5.41, 5.74) is 3.30. The average molecular weight is 627 g/mol. The van der Waals surface area contributed by atoms with Crippen molar-refractivity contribution in [2.45, 2.75) is 85.1 Å². The summed E-state index contributed by atoms with van der Waals surface area (Å²) < 4.78 is 10.8. The first kappa shape index (κ1) is 36.7. The lowest BCUT2D eigenvalue weighted by molar-refractivity contribution is -0.142. The number of hydrogen-bond donors (Lipinski definition) is 2. The summed E-state index contributed by atoms with van der Waals surface area (Å²) in [6.45, 7) is 10.5. The highest BCUT2D eigenvalue weighted by molar-refractivity contribution is 6.32. The predicted octanol–water partition coefficient (Wildman–Crippen LogP) is 8.03. The Balaban J connectivity index is 2.37. The van der Waals surface area contributed by atoms with Crippen molar-refractivity contribution >= 4 is 29.2 Å². The number of nitrogens with one attached hydrogen (secondary N) is 1. The van der Waals surface area contributed by atoms with Crippen LogP contribution in [-0.4, -0.2) is 49.8 Å². The summed E-state index contributed by atoms with van der Waals surface area (Å²) in [6.07, 6.45) is 15.8. The number of nitrogens with zero attached hydrogens (tertiary/aromatic N) is 1. The molecule has 0 aromatic heterocycles. The van der Waals surface area contributed by atoms with Crippen LogP contribution in [0.4, 0.5) is 5.69 Å². The van der Waals surface area contributed by atoms with Crippen molar-refractivity contribution in [3.8, 4) is 5.75 Å². The molecular weight excluding hydrogens is 576 g/mol. The molecule has 2 aromatic carbocycles. The van der Waals surface area contributed by atoms with Crippen LogP contribution in [0.15, 0.2) is 60.9 Å². The van der Waals surface area contributed by atoms with Crippen molar-refractivity contribution in [3.63, 3.8) is 0 Å². The van der Waals surface area contributed by atoms with Gasteiger partial charge in [-0.25, -0.2) is 4.79 Å². The maximum Gasteiger partial charge on any atom is 0.328 e. The number of ether oxygens (including phenoxy) is 2. The molecule has 0 aliphatic heterocycles. The van der Waals surface area contributed by atoms with Gasteiger partial charge in [0.05, 0.1) is 24.9 Å². The van der Waals surface area contributed by atoms with Gasteiger partial charge in [0.2, 0.25) is 0 Å². The second-order valence-electron chi connectivity index (χ2n) is 11.2. The minimum Gasteiger partial charge on any atom is -0.506 e. The Morgan fingerprint density at radius 2 is 1.86 bits per heavy atom. The van der Waals surface area contributed by atoms with Crippen molar-refractivity contribution < 1.29 is 24.2 Å². The summed E-state index contributed by atoms with van der Waals surface area (Å²) in [5, 5.41) is 12.8. The van der Waals surface area contributed by atoms with Crippen LogP contribution in [0.2, 0.25) is 5.02 Å². The minimum absolute atomic E-state index is 0.0498. The number of carbonyl (C=O) groups is 2. The van der Waals surface area contributed by atoms with E-state index in [1.54, 1.807) is 18.4 Å². The number of phenols is 1. The molecule has 2 aromatic rings. The van der Waals surface area contributed by atoms with E-state index in [2.05, 4.69) is 37.1 Å². The average Bonchev–Trinajstić information content (AvgIpc) is 3.01. The molecule has 242 valence electrons. The van der Waals surface area contributed by atoms with E-state index in [9.17, 15) is 14.7 Å². The number of aromatic hydroxyl groups is 1. The number of benzene rings is 2. The summed E-state index contributed by atoms with van der Waals surface area (Å²) in [5.74, 6) is -0.495. The van der Waals surface area contributed by atoms with E-state index in [0.29, 0.717) is 36.7 Å². The molecule has 0 saturated carbocycles. The van der Waals surface area contributed by atoms with Gasteiger partial charge in [0.15, 0.2) is 0 Å². The Hall–Kier alpha value is -3.45. The van der Waals surface area contributed by atoms with Gasteiger partial charge in [0.1, 0.15) is 18.4 Å². The normalized spacial score (nSPS) is 12.8. The van der Waals surface area contributed by atoms with Gasteiger partial charge in [-0.15, -0.1) is 0 Å². The van der Waals surface area contributed by atoms with E-state index >= 15 is 0 Å². The zero-order valence-electron chi connectivity index (χ0n) is 27.1. The van der Waals surface area contributed by atoms with E-state index < -0.39 is 12.0 Å². The number of methoxy groups -OCH3 is 1. The Morgan fingerprint density at radius 1 is 1.07 bits per heavy atom. The molecule has 0 aliphatic rings. The van der Waals surface area contributed by atoms with Gasteiger partial charge in [-0.05, 0) is 67.2 Å². The highest BCUT2D eigenvalue weighted by Gasteiger charge is 2.24. The smallest absolute Gasteiger partial charge is 0.328 e. The number of anilines is 1. The van der Waals surface area contributed by atoms with Crippen molar-refractivity contribution in [1.82, 2.24) is 5.32 Å². The van der Waals surface area contributed by atoms with Crippen molar-refractivity contribution in [3.05, 3.63) is 82.6 Å². The van der Waals surface area contributed by atoms with Gasteiger partial charge < -0.3 is 24.8 Å². The summed E-state index contributed by atoms with van der Waals surface area (Å²) >= 11 is 6.07. The Bertz CT molecular complexity index is 1230. The third kappa shape index (κ3) is 12.7. The molecule has 2 N–H and O–H groups in total. The highest BCUT2D eigenvalue weighted by Crippen LogP contribution is 2.28. The Kier molecular flexibility index (Phi) is 17.1. The van der Waals surface area contributed by atoms with Crippen LogP contribution < -0.4 is 10.2 Å². The van der Waals surface area contributed by atoms with Crippen LogP contribution in [0.5, 0.6) is 5.75 Å². The third-order valence-corrected chi connectivity index (χ3v) is 7.79. The first-order valence-corrected chi connectivity index (χ1v) is 16.2. The van der Waals surface area contributed by atoms with Gasteiger partial charge in [-0.1, -0.05) is 88.8 Å². The SMILES string of the molecule is C/C=C/CN(CCO/C=C/CCC)c1cc(C(=O)NC(Cc2ccc(O)c(Cl)c2)C(=O)OC)ccc1CC(C)CCCCC. The number of rotatable bonds is 20. The fourth-order valence-corrected chi connectivity index (χ4v) is 5.16. The van der Waals surface area contributed by atoms with Crippen LogP contribution >= 0.6 is 11.6 Å². The van der Waals surface area contributed by atoms with Gasteiger partial charge in [-0.2, -0.15) is 0 Å². The standard InChI is InChI=1S/C36H51ClN2O5/c1-6-9-12-14-27(4)23-29-16-17-30(26-33(29)39(19-11-8-3)20-22-44-21-13-10-7-2)35(41)38-32(36(42)43-5)25-28-15-18-34(40)31(37)24-28/h8,11,13,15-18,21,24,26-27,32,40H,6-7,9-10,12,14,19-20,22-23,25H2,1-5H3,(H,38,41)/b11-8+,21-13+. The maximum atomic E-state index is 13.6. The van der Waals surface area contributed by atoms with Crippen molar-refractivity contribution in [2.75, 3.05) is 31.7 Å². The monoisotopic (exact) mass is 626 g/mol. The number of unbranched alkanes of at least 4 members (excludes halogenated alkanes) is 3. The molecule has 0 fully saturated rings. The van der Waals surface area contributed by atoms with Gasteiger partial charge in [0.25, 0.3) is 5.91 Å². The molecule has 0 radical (unpaired) electrons. The number of carbonyl (C=O) groups excluding carboxylic acids is 2. The number of phenolic OH excluding ortho intramolecular Hbond substituents is 1. The topological polar surface area (TPSA) is 88.1 Å². The fraction of sp³-hybridized carbons (Fsp3) is 0.500.